The van der Waals surface area contributed by atoms with Crippen molar-refractivity contribution in [2.24, 2.45) is 0 Å². The fourth-order valence-electron chi connectivity index (χ4n) is 2.44. The number of rotatable bonds is 9. The Labute approximate surface area is 171 Å². The fourth-order valence-corrected chi connectivity index (χ4v) is 4.00. The number of amides is 1. The summed E-state index contributed by atoms with van der Waals surface area (Å²) in [4.78, 5) is 11.8. The van der Waals surface area contributed by atoms with Crippen molar-refractivity contribution in [2.75, 3.05) is 6.61 Å². The van der Waals surface area contributed by atoms with E-state index >= 15 is 0 Å². The second kappa shape index (κ2) is 9.91. The predicted octanol–water partition coefficient (Wildman–Crippen LogP) is 3.67. The van der Waals surface area contributed by atoms with Crippen LogP contribution in [0.25, 0.3) is 0 Å². The molecule has 0 aromatic heterocycles. The summed E-state index contributed by atoms with van der Waals surface area (Å²) >= 11 is 6.16. The summed E-state index contributed by atoms with van der Waals surface area (Å²) in [5.74, 6) is -0.0171. The van der Waals surface area contributed by atoms with E-state index < -0.39 is 16.1 Å². The van der Waals surface area contributed by atoms with E-state index in [1.807, 2.05) is 44.2 Å². The van der Waals surface area contributed by atoms with Gasteiger partial charge in [-0.3, -0.25) is 4.79 Å². The van der Waals surface area contributed by atoms with Crippen molar-refractivity contribution in [2.45, 2.75) is 44.2 Å². The summed E-state index contributed by atoms with van der Waals surface area (Å²) in [6.45, 7) is 5.43. The SMILES string of the molecule is CC[C@@H](C)NC(=O)COc1ccc(S(=O)(=O)N[C@H](C)c2ccccc2)cc1Cl. The minimum absolute atomic E-state index is 0.0247. The van der Waals surface area contributed by atoms with Crippen LogP contribution in [0.3, 0.4) is 0 Å². The van der Waals surface area contributed by atoms with Crippen LogP contribution >= 0.6 is 11.6 Å². The monoisotopic (exact) mass is 424 g/mol. The molecule has 2 aromatic carbocycles. The van der Waals surface area contributed by atoms with E-state index in [0.717, 1.165) is 12.0 Å². The second-order valence-corrected chi connectivity index (χ2v) is 8.63. The lowest BCUT2D eigenvalue weighted by Gasteiger charge is -2.16. The predicted molar refractivity (Wildman–Crippen MR) is 110 cm³/mol. The molecule has 0 fully saturated rings. The van der Waals surface area contributed by atoms with Gasteiger partial charge in [-0.2, -0.15) is 0 Å². The molecule has 1 amide bonds. The number of hydrogen-bond donors (Lipinski definition) is 2. The average Bonchev–Trinajstić information content (AvgIpc) is 2.67. The molecule has 0 saturated heterocycles. The van der Waals surface area contributed by atoms with Crippen molar-refractivity contribution < 1.29 is 17.9 Å². The summed E-state index contributed by atoms with van der Waals surface area (Å²) in [7, 11) is -3.77. The Hall–Kier alpha value is -2.09. The average molecular weight is 425 g/mol. The molecule has 152 valence electrons. The second-order valence-electron chi connectivity index (χ2n) is 6.51. The lowest BCUT2D eigenvalue weighted by molar-refractivity contribution is -0.123. The van der Waals surface area contributed by atoms with E-state index in [0.29, 0.717) is 0 Å². The Bertz CT molecular complexity index is 904. The molecule has 2 atom stereocenters. The Morgan fingerprint density at radius 2 is 1.82 bits per heavy atom. The van der Waals surface area contributed by atoms with Gasteiger partial charge in [-0.1, -0.05) is 48.9 Å². The molecule has 0 aliphatic rings. The molecule has 0 spiro atoms. The van der Waals surface area contributed by atoms with Gasteiger partial charge < -0.3 is 10.1 Å². The number of ether oxygens (including phenoxy) is 1. The van der Waals surface area contributed by atoms with Crippen LogP contribution in [-0.4, -0.2) is 27.0 Å². The Morgan fingerprint density at radius 1 is 1.14 bits per heavy atom. The maximum absolute atomic E-state index is 12.6. The van der Waals surface area contributed by atoms with Gasteiger partial charge in [0, 0.05) is 12.1 Å². The largest absolute Gasteiger partial charge is 0.482 e. The van der Waals surface area contributed by atoms with Crippen LogP contribution < -0.4 is 14.8 Å². The molecular formula is C20H25ClN2O4S. The molecule has 2 rings (SSSR count). The number of hydrogen-bond acceptors (Lipinski definition) is 4. The lowest BCUT2D eigenvalue weighted by Crippen LogP contribution is -2.35. The van der Waals surface area contributed by atoms with Gasteiger partial charge in [-0.25, -0.2) is 13.1 Å². The Kier molecular flexibility index (Phi) is 7.86. The molecule has 2 N–H and O–H groups in total. The van der Waals surface area contributed by atoms with E-state index in [-0.39, 0.29) is 34.2 Å². The molecule has 0 aliphatic carbocycles. The number of benzene rings is 2. The van der Waals surface area contributed by atoms with Crippen molar-refractivity contribution in [3.05, 3.63) is 59.1 Å². The lowest BCUT2D eigenvalue weighted by atomic mass is 10.1. The van der Waals surface area contributed by atoms with Crippen LogP contribution in [0.5, 0.6) is 5.75 Å². The highest BCUT2D eigenvalue weighted by molar-refractivity contribution is 7.89. The van der Waals surface area contributed by atoms with Crippen LogP contribution in [0.1, 0.15) is 38.8 Å². The van der Waals surface area contributed by atoms with Crippen molar-refractivity contribution in [1.29, 1.82) is 0 Å². The molecular weight excluding hydrogens is 400 g/mol. The first kappa shape index (κ1) is 22.2. The van der Waals surface area contributed by atoms with Gasteiger partial charge in [-0.05, 0) is 44.0 Å². The zero-order chi connectivity index (χ0) is 20.7. The number of halogens is 1. The third kappa shape index (κ3) is 6.22. The van der Waals surface area contributed by atoms with Crippen molar-refractivity contribution in [3.63, 3.8) is 0 Å². The quantitative estimate of drug-likeness (QED) is 0.643. The van der Waals surface area contributed by atoms with E-state index in [1.54, 1.807) is 6.92 Å². The molecule has 0 saturated carbocycles. The zero-order valence-electron chi connectivity index (χ0n) is 16.1. The van der Waals surface area contributed by atoms with Crippen LogP contribution in [-0.2, 0) is 14.8 Å². The van der Waals surface area contributed by atoms with Crippen LogP contribution in [0.15, 0.2) is 53.4 Å². The van der Waals surface area contributed by atoms with E-state index in [2.05, 4.69) is 10.0 Å². The van der Waals surface area contributed by atoms with Gasteiger partial charge in [0.15, 0.2) is 6.61 Å². The highest BCUT2D eigenvalue weighted by Crippen LogP contribution is 2.28. The van der Waals surface area contributed by atoms with Crippen LogP contribution in [0.2, 0.25) is 5.02 Å². The van der Waals surface area contributed by atoms with Gasteiger partial charge in [0.05, 0.1) is 9.92 Å². The summed E-state index contributed by atoms with van der Waals surface area (Å²) in [5, 5.41) is 2.90. The van der Waals surface area contributed by atoms with Crippen LogP contribution in [0, 0.1) is 0 Å². The summed E-state index contributed by atoms with van der Waals surface area (Å²) in [6, 6.07) is 13.1. The van der Waals surface area contributed by atoms with Gasteiger partial charge in [0.25, 0.3) is 5.91 Å². The minimum Gasteiger partial charge on any atom is -0.482 e. The summed E-state index contributed by atoms with van der Waals surface area (Å²) < 4.78 is 33.3. The third-order valence-corrected chi connectivity index (χ3v) is 6.06. The standard InChI is InChI=1S/C20H25ClN2O4S/c1-4-14(2)22-20(24)13-27-19-11-10-17(12-18(19)21)28(25,26)23-15(3)16-8-6-5-7-9-16/h5-12,14-15,23H,4,13H2,1-3H3,(H,22,24)/t14-,15-/m1/s1. The van der Waals surface area contributed by atoms with Crippen molar-refractivity contribution in [1.82, 2.24) is 10.0 Å². The number of carbonyl (C=O) groups excluding carboxylic acids is 1. The topological polar surface area (TPSA) is 84.5 Å². The van der Waals surface area contributed by atoms with E-state index in [9.17, 15) is 13.2 Å². The summed E-state index contributed by atoms with van der Waals surface area (Å²) in [5.41, 5.74) is 0.851. The first-order valence-corrected chi connectivity index (χ1v) is 10.9. The van der Waals surface area contributed by atoms with Gasteiger partial charge in [0.2, 0.25) is 10.0 Å². The number of nitrogens with one attached hydrogen (secondary N) is 2. The van der Waals surface area contributed by atoms with E-state index in [1.165, 1.54) is 18.2 Å². The molecule has 0 aliphatic heterocycles. The zero-order valence-corrected chi connectivity index (χ0v) is 17.7. The molecule has 0 unspecified atom stereocenters. The fraction of sp³-hybridized carbons (Fsp3) is 0.350. The molecule has 6 nitrogen and oxygen atoms in total. The molecule has 0 bridgehead atoms. The normalized spacial score (nSPS) is 13.6. The highest BCUT2D eigenvalue weighted by atomic mass is 35.5. The Balaban J connectivity index is 2.05. The van der Waals surface area contributed by atoms with Gasteiger partial charge in [0.1, 0.15) is 5.75 Å². The smallest absolute Gasteiger partial charge is 0.258 e. The van der Waals surface area contributed by atoms with Crippen LogP contribution in [0.4, 0.5) is 0 Å². The third-order valence-electron chi connectivity index (χ3n) is 4.22. The molecule has 28 heavy (non-hydrogen) atoms. The Morgan fingerprint density at radius 3 is 2.43 bits per heavy atom. The van der Waals surface area contributed by atoms with Crippen molar-refractivity contribution in [3.8, 4) is 5.75 Å². The molecule has 2 aromatic rings. The molecule has 0 radical (unpaired) electrons. The number of carbonyl (C=O) groups is 1. The summed E-state index contributed by atoms with van der Waals surface area (Å²) in [6.07, 6.45) is 0.813. The minimum atomic E-state index is -3.77. The first-order chi connectivity index (χ1) is 13.2. The van der Waals surface area contributed by atoms with Gasteiger partial charge >= 0.3 is 0 Å². The number of sulfonamides is 1. The maximum atomic E-state index is 12.6. The molecule has 0 heterocycles. The van der Waals surface area contributed by atoms with Crippen molar-refractivity contribution >= 4 is 27.5 Å². The highest BCUT2D eigenvalue weighted by Gasteiger charge is 2.20. The maximum Gasteiger partial charge on any atom is 0.258 e. The van der Waals surface area contributed by atoms with Gasteiger partial charge in [-0.15, -0.1) is 0 Å². The van der Waals surface area contributed by atoms with E-state index in [4.69, 9.17) is 16.3 Å². The first-order valence-electron chi connectivity index (χ1n) is 9.02. The molecule has 8 heteroatoms.